The highest BCUT2D eigenvalue weighted by molar-refractivity contribution is 6.30. The molecule has 2 rings (SSSR count). The van der Waals surface area contributed by atoms with Crippen LogP contribution in [0.2, 0.25) is 5.02 Å². The molecule has 0 aliphatic rings. The van der Waals surface area contributed by atoms with Crippen molar-refractivity contribution in [2.24, 2.45) is 0 Å². The predicted octanol–water partition coefficient (Wildman–Crippen LogP) is 2.73. The van der Waals surface area contributed by atoms with Gasteiger partial charge in [0.15, 0.2) is 0 Å². The van der Waals surface area contributed by atoms with Crippen molar-refractivity contribution in [2.75, 3.05) is 7.11 Å². The van der Waals surface area contributed by atoms with E-state index in [1.807, 2.05) is 30.3 Å². The number of halogens is 1. The van der Waals surface area contributed by atoms with Gasteiger partial charge in [0.2, 0.25) is 0 Å². The molecule has 2 aromatic rings. The van der Waals surface area contributed by atoms with E-state index >= 15 is 0 Å². The number of nitrogens with zero attached hydrogens (tertiary/aromatic N) is 2. The third-order valence-electron chi connectivity index (χ3n) is 2.19. The highest BCUT2D eigenvalue weighted by Crippen LogP contribution is 2.16. The topological polar surface area (TPSA) is 35.0 Å². The van der Waals surface area contributed by atoms with Crippen LogP contribution in [0.25, 0.3) is 0 Å². The summed E-state index contributed by atoms with van der Waals surface area (Å²) in [4.78, 5) is 0. The summed E-state index contributed by atoms with van der Waals surface area (Å²) in [6.07, 6.45) is 2.22. The zero-order valence-electron chi connectivity index (χ0n) is 8.85. The molecule has 0 amide bonds. The number of aromatic nitrogens is 2. The van der Waals surface area contributed by atoms with Gasteiger partial charge in [-0.1, -0.05) is 23.7 Å². The molecule has 0 saturated heterocycles. The van der Waals surface area contributed by atoms with Crippen LogP contribution in [-0.2, 0) is 6.42 Å². The molecule has 0 aliphatic carbocycles. The maximum absolute atomic E-state index is 5.84. The van der Waals surface area contributed by atoms with Crippen LogP contribution in [-0.4, -0.2) is 17.3 Å². The fraction of sp³-hybridized carbons (Fsp3) is 0.167. The van der Waals surface area contributed by atoms with Gasteiger partial charge >= 0.3 is 0 Å². The normalized spacial score (nSPS) is 10.1. The molecular formula is C12H11ClN2O. The third-order valence-corrected chi connectivity index (χ3v) is 2.40. The summed E-state index contributed by atoms with van der Waals surface area (Å²) >= 11 is 5.84. The van der Waals surface area contributed by atoms with E-state index in [4.69, 9.17) is 16.3 Å². The summed E-state index contributed by atoms with van der Waals surface area (Å²) in [5, 5.41) is 8.43. The largest absolute Gasteiger partial charge is 0.497 e. The molecule has 3 nitrogen and oxygen atoms in total. The molecule has 0 radical (unpaired) electrons. The lowest BCUT2D eigenvalue weighted by atomic mass is 10.1. The van der Waals surface area contributed by atoms with Crippen LogP contribution in [0, 0.1) is 0 Å². The Labute approximate surface area is 99.0 Å². The predicted molar refractivity (Wildman–Crippen MR) is 62.8 cm³/mol. The van der Waals surface area contributed by atoms with Crippen LogP contribution in [0.5, 0.6) is 5.75 Å². The number of benzene rings is 1. The van der Waals surface area contributed by atoms with Crippen molar-refractivity contribution in [1.82, 2.24) is 10.2 Å². The zero-order valence-corrected chi connectivity index (χ0v) is 9.61. The Kier molecular flexibility index (Phi) is 3.37. The molecular weight excluding hydrogens is 224 g/mol. The Balaban J connectivity index is 2.20. The molecule has 0 bridgehead atoms. The maximum atomic E-state index is 5.84. The van der Waals surface area contributed by atoms with E-state index in [1.165, 1.54) is 6.20 Å². The van der Waals surface area contributed by atoms with Crippen LogP contribution >= 0.6 is 11.6 Å². The number of methoxy groups -OCH3 is 1. The first-order chi connectivity index (χ1) is 7.78. The maximum Gasteiger partial charge on any atom is 0.119 e. The SMILES string of the molecule is COc1cccc(Cc2cc(Cl)cnn2)c1. The van der Waals surface area contributed by atoms with Gasteiger partial charge in [0.25, 0.3) is 0 Å². The molecule has 0 saturated carbocycles. The minimum atomic E-state index is 0.605. The van der Waals surface area contributed by atoms with Crippen LogP contribution < -0.4 is 4.74 Å². The minimum absolute atomic E-state index is 0.605. The second-order valence-corrected chi connectivity index (χ2v) is 3.83. The number of hydrogen-bond donors (Lipinski definition) is 0. The van der Waals surface area contributed by atoms with Crippen molar-refractivity contribution in [3.63, 3.8) is 0 Å². The Morgan fingerprint density at radius 1 is 1.31 bits per heavy atom. The first-order valence-corrected chi connectivity index (χ1v) is 5.26. The Morgan fingerprint density at radius 2 is 2.19 bits per heavy atom. The molecule has 1 aromatic carbocycles. The molecule has 0 spiro atoms. The molecule has 0 unspecified atom stereocenters. The second kappa shape index (κ2) is 4.94. The quantitative estimate of drug-likeness (QED) is 0.819. The van der Waals surface area contributed by atoms with Gasteiger partial charge in [-0.2, -0.15) is 10.2 Å². The standard InChI is InChI=1S/C12H11ClN2O/c1-16-12-4-2-3-9(6-12)5-11-7-10(13)8-14-15-11/h2-4,6-8H,5H2,1H3. The van der Waals surface area contributed by atoms with Crippen molar-refractivity contribution < 1.29 is 4.74 Å². The summed E-state index contributed by atoms with van der Waals surface area (Å²) in [6, 6.07) is 9.67. The van der Waals surface area contributed by atoms with Gasteiger partial charge in [0.05, 0.1) is 24.0 Å². The smallest absolute Gasteiger partial charge is 0.119 e. The first kappa shape index (κ1) is 10.9. The van der Waals surface area contributed by atoms with Gasteiger partial charge in [-0.15, -0.1) is 0 Å². The van der Waals surface area contributed by atoms with E-state index in [2.05, 4.69) is 10.2 Å². The van der Waals surface area contributed by atoms with E-state index in [-0.39, 0.29) is 0 Å². The lowest BCUT2D eigenvalue weighted by molar-refractivity contribution is 0.414. The van der Waals surface area contributed by atoms with E-state index in [0.717, 1.165) is 17.0 Å². The number of ether oxygens (including phenoxy) is 1. The average molecular weight is 235 g/mol. The monoisotopic (exact) mass is 234 g/mol. The van der Waals surface area contributed by atoms with E-state index in [9.17, 15) is 0 Å². The van der Waals surface area contributed by atoms with Crippen LogP contribution in [0.3, 0.4) is 0 Å². The fourth-order valence-corrected chi connectivity index (χ4v) is 1.63. The summed E-state index contributed by atoms with van der Waals surface area (Å²) in [6.45, 7) is 0. The molecule has 0 fully saturated rings. The van der Waals surface area contributed by atoms with E-state index in [1.54, 1.807) is 7.11 Å². The second-order valence-electron chi connectivity index (χ2n) is 3.39. The molecule has 4 heteroatoms. The van der Waals surface area contributed by atoms with Crippen molar-refractivity contribution in [3.8, 4) is 5.75 Å². The van der Waals surface area contributed by atoms with Crippen LogP contribution in [0.15, 0.2) is 36.5 Å². The number of hydrogen-bond acceptors (Lipinski definition) is 3. The third kappa shape index (κ3) is 2.70. The Hall–Kier alpha value is -1.61. The van der Waals surface area contributed by atoms with E-state index in [0.29, 0.717) is 11.4 Å². The molecule has 0 aliphatic heterocycles. The summed E-state index contributed by atoms with van der Waals surface area (Å²) in [7, 11) is 1.65. The zero-order chi connectivity index (χ0) is 11.4. The van der Waals surface area contributed by atoms with Gasteiger partial charge in [-0.05, 0) is 23.8 Å². The van der Waals surface area contributed by atoms with E-state index < -0.39 is 0 Å². The first-order valence-electron chi connectivity index (χ1n) is 4.88. The van der Waals surface area contributed by atoms with Crippen molar-refractivity contribution >= 4 is 11.6 Å². The summed E-state index contributed by atoms with van der Waals surface area (Å²) < 4.78 is 5.15. The summed E-state index contributed by atoms with van der Waals surface area (Å²) in [5.74, 6) is 0.840. The Bertz CT molecular complexity index is 488. The number of rotatable bonds is 3. The highest BCUT2D eigenvalue weighted by Gasteiger charge is 2.01. The molecule has 1 aromatic heterocycles. The van der Waals surface area contributed by atoms with Crippen molar-refractivity contribution in [1.29, 1.82) is 0 Å². The van der Waals surface area contributed by atoms with Crippen LogP contribution in [0.4, 0.5) is 0 Å². The fourth-order valence-electron chi connectivity index (χ4n) is 1.46. The molecule has 82 valence electrons. The highest BCUT2D eigenvalue weighted by atomic mass is 35.5. The lowest BCUT2D eigenvalue weighted by Gasteiger charge is -2.03. The van der Waals surface area contributed by atoms with Gasteiger partial charge in [-0.3, -0.25) is 0 Å². The molecule has 0 N–H and O–H groups in total. The molecule has 0 atom stereocenters. The molecule has 16 heavy (non-hydrogen) atoms. The van der Waals surface area contributed by atoms with Crippen molar-refractivity contribution in [3.05, 3.63) is 52.8 Å². The van der Waals surface area contributed by atoms with Gasteiger partial charge in [0, 0.05) is 6.42 Å². The average Bonchev–Trinajstić information content (AvgIpc) is 2.29. The van der Waals surface area contributed by atoms with Crippen LogP contribution in [0.1, 0.15) is 11.3 Å². The van der Waals surface area contributed by atoms with Gasteiger partial charge < -0.3 is 4.74 Å². The van der Waals surface area contributed by atoms with Gasteiger partial charge in [0.1, 0.15) is 5.75 Å². The Morgan fingerprint density at radius 3 is 2.94 bits per heavy atom. The van der Waals surface area contributed by atoms with Crippen molar-refractivity contribution in [2.45, 2.75) is 6.42 Å². The molecule has 1 heterocycles. The minimum Gasteiger partial charge on any atom is -0.497 e. The summed E-state index contributed by atoms with van der Waals surface area (Å²) in [5.41, 5.74) is 1.97. The van der Waals surface area contributed by atoms with Gasteiger partial charge in [-0.25, -0.2) is 0 Å². The lowest BCUT2D eigenvalue weighted by Crippen LogP contribution is -1.94.